The van der Waals surface area contributed by atoms with Gasteiger partial charge in [-0.25, -0.2) is 17.6 Å². The number of sulfone groups is 1. The molecule has 20 heavy (non-hydrogen) atoms. The Bertz CT molecular complexity index is 582. The lowest BCUT2D eigenvalue weighted by atomic mass is 10.2. The maximum absolute atomic E-state index is 13.6. The van der Waals surface area contributed by atoms with E-state index < -0.39 is 26.5 Å². The van der Waals surface area contributed by atoms with Crippen LogP contribution in [0.4, 0.5) is 4.39 Å². The summed E-state index contributed by atoms with van der Waals surface area (Å²) >= 11 is 0. The fourth-order valence-corrected chi connectivity index (χ4v) is 3.16. The van der Waals surface area contributed by atoms with Crippen molar-refractivity contribution < 1.29 is 22.7 Å². The molecule has 1 aromatic carbocycles. The third kappa shape index (κ3) is 4.01. The average Bonchev–Trinajstić information content (AvgIpc) is 2.39. The molecule has 1 rings (SSSR count). The normalized spacial score (nSPS) is 11.8. The lowest BCUT2D eigenvalue weighted by Crippen LogP contribution is -2.29. The summed E-state index contributed by atoms with van der Waals surface area (Å²) in [4.78, 5) is 12.2. The zero-order valence-electron chi connectivity index (χ0n) is 11.5. The van der Waals surface area contributed by atoms with Crippen LogP contribution < -0.4 is 0 Å². The molecule has 0 saturated heterocycles. The van der Waals surface area contributed by atoms with Crippen molar-refractivity contribution in [2.45, 2.75) is 18.7 Å². The summed E-state index contributed by atoms with van der Waals surface area (Å²) in [6, 6.07) is 2.78. The Balaban J connectivity index is 3.03. The number of carboxylic acids is 1. The molecule has 0 unspecified atom stereocenters. The van der Waals surface area contributed by atoms with Crippen molar-refractivity contribution in [3.05, 3.63) is 29.6 Å². The Labute approximate surface area is 117 Å². The van der Waals surface area contributed by atoms with Gasteiger partial charge in [-0.05, 0) is 31.3 Å². The van der Waals surface area contributed by atoms with Crippen LogP contribution >= 0.6 is 0 Å². The first-order chi connectivity index (χ1) is 9.31. The maximum atomic E-state index is 13.6. The van der Waals surface area contributed by atoms with Crippen molar-refractivity contribution in [2.75, 3.05) is 25.4 Å². The standard InChI is InChI=1S/C13H18FNO4S/c1-3-15(4-2)7-8-20(18,19)12-9-10(13(16)17)5-6-11(12)14/h5-6,9H,3-4,7-8H2,1-2H3,(H,16,17). The Hall–Kier alpha value is -1.47. The van der Waals surface area contributed by atoms with Gasteiger partial charge in [0.05, 0.1) is 11.3 Å². The van der Waals surface area contributed by atoms with Crippen molar-refractivity contribution >= 4 is 15.8 Å². The van der Waals surface area contributed by atoms with Crippen LogP contribution in [0.5, 0.6) is 0 Å². The van der Waals surface area contributed by atoms with Crippen molar-refractivity contribution in [3.8, 4) is 0 Å². The second-order valence-electron chi connectivity index (χ2n) is 4.30. The van der Waals surface area contributed by atoms with Gasteiger partial charge in [-0.15, -0.1) is 0 Å². The zero-order chi connectivity index (χ0) is 15.3. The fourth-order valence-electron chi connectivity index (χ4n) is 1.77. The summed E-state index contributed by atoms with van der Waals surface area (Å²) in [6.07, 6.45) is 0. The molecular formula is C13H18FNO4S. The first-order valence-corrected chi connectivity index (χ1v) is 7.95. The topological polar surface area (TPSA) is 74.7 Å². The molecule has 0 saturated carbocycles. The molecule has 0 atom stereocenters. The molecule has 0 aliphatic heterocycles. The van der Waals surface area contributed by atoms with Crippen LogP contribution in [0.3, 0.4) is 0 Å². The number of rotatable bonds is 7. The van der Waals surface area contributed by atoms with E-state index in [0.29, 0.717) is 13.1 Å². The summed E-state index contributed by atoms with van der Waals surface area (Å²) in [5.74, 6) is -2.45. The summed E-state index contributed by atoms with van der Waals surface area (Å²) in [5, 5.41) is 8.83. The van der Waals surface area contributed by atoms with Gasteiger partial charge in [0.2, 0.25) is 0 Å². The number of halogens is 1. The second-order valence-corrected chi connectivity index (χ2v) is 6.37. The molecule has 0 spiro atoms. The van der Waals surface area contributed by atoms with Crippen LogP contribution in [0.15, 0.2) is 23.1 Å². The number of hydrogen-bond donors (Lipinski definition) is 1. The number of hydrogen-bond acceptors (Lipinski definition) is 4. The van der Waals surface area contributed by atoms with Crippen LogP contribution in [0, 0.1) is 5.82 Å². The lowest BCUT2D eigenvalue weighted by Gasteiger charge is -2.17. The van der Waals surface area contributed by atoms with Crippen LogP contribution in [0.25, 0.3) is 0 Å². The summed E-state index contributed by atoms with van der Waals surface area (Å²) in [5.41, 5.74) is -0.243. The molecule has 112 valence electrons. The molecule has 0 amide bonds. The Morgan fingerprint density at radius 3 is 2.40 bits per heavy atom. The molecule has 0 aromatic heterocycles. The maximum Gasteiger partial charge on any atom is 0.335 e. The monoisotopic (exact) mass is 303 g/mol. The van der Waals surface area contributed by atoms with E-state index in [1.807, 2.05) is 18.7 Å². The summed E-state index contributed by atoms with van der Waals surface area (Å²) in [7, 11) is -3.84. The van der Waals surface area contributed by atoms with Crippen molar-refractivity contribution in [1.82, 2.24) is 4.90 Å². The highest BCUT2D eigenvalue weighted by molar-refractivity contribution is 7.91. The molecule has 1 aromatic rings. The molecule has 1 N–H and O–H groups in total. The van der Waals surface area contributed by atoms with Crippen molar-refractivity contribution in [3.63, 3.8) is 0 Å². The third-order valence-corrected chi connectivity index (χ3v) is 4.79. The van der Waals surface area contributed by atoms with Crippen LogP contribution in [0.1, 0.15) is 24.2 Å². The van der Waals surface area contributed by atoms with Gasteiger partial charge in [-0.2, -0.15) is 0 Å². The van der Waals surface area contributed by atoms with Gasteiger partial charge in [0.25, 0.3) is 0 Å². The number of aromatic carboxylic acids is 1. The quantitative estimate of drug-likeness (QED) is 0.829. The Morgan fingerprint density at radius 1 is 1.30 bits per heavy atom. The van der Waals surface area contributed by atoms with E-state index in [1.54, 1.807) is 0 Å². The molecule has 0 aliphatic carbocycles. The van der Waals surface area contributed by atoms with Crippen LogP contribution in [0.2, 0.25) is 0 Å². The minimum absolute atomic E-state index is 0.241. The minimum Gasteiger partial charge on any atom is -0.478 e. The fraction of sp³-hybridized carbons (Fsp3) is 0.462. The van der Waals surface area contributed by atoms with Crippen molar-refractivity contribution in [2.24, 2.45) is 0 Å². The highest BCUT2D eigenvalue weighted by Gasteiger charge is 2.21. The molecule has 0 heterocycles. The summed E-state index contributed by atoms with van der Waals surface area (Å²) in [6.45, 7) is 5.49. The minimum atomic E-state index is -3.84. The molecule has 0 radical (unpaired) electrons. The molecule has 5 nitrogen and oxygen atoms in total. The molecule has 0 fully saturated rings. The number of benzene rings is 1. The molecule has 7 heteroatoms. The molecular weight excluding hydrogens is 285 g/mol. The van der Waals surface area contributed by atoms with Gasteiger partial charge in [-0.3, -0.25) is 0 Å². The number of nitrogens with zero attached hydrogens (tertiary/aromatic N) is 1. The predicted octanol–water partition coefficient (Wildman–Crippen LogP) is 1.64. The van der Waals surface area contributed by atoms with E-state index in [0.717, 1.165) is 18.2 Å². The highest BCUT2D eigenvalue weighted by Crippen LogP contribution is 2.18. The first-order valence-electron chi connectivity index (χ1n) is 6.29. The van der Waals surface area contributed by atoms with E-state index in [9.17, 15) is 17.6 Å². The van der Waals surface area contributed by atoms with E-state index in [2.05, 4.69) is 0 Å². The van der Waals surface area contributed by atoms with E-state index in [1.165, 1.54) is 0 Å². The third-order valence-electron chi connectivity index (χ3n) is 3.08. The highest BCUT2D eigenvalue weighted by atomic mass is 32.2. The van der Waals surface area contributed by atoms with Gasteiger partial charge >= 0.3 is 5.97 Å². The second kappa shape index (κ2) is 6.81. The van der Waals surface area contributed by atoms with Gasteiger partial charge in [0.15, 0.2) is 9.84 Å². The molecule has 0 bridgehead atoms. The van der Waals surface area contributed by atoms with Gasteiger partial charge in [-0.1, -0.05) is 13.8 Å². The largest absolute Gasteiger partial charge is 0.478 e. The van der Waals surface area contributed by atoms with Gasteiger partial charge in [0, 0.05) is 6.54 Å². The molecule has 0 aliphatic rings. The lowest BCUT2D eigenvalue weighted by molar-refractivity contribution is 0.0696. The van der Waals surface area contributed by atoms with Crippen molar-refractivity contribution in [1.29, 1.82) is 0 Å². The zero-order valence-corrected chi connectivity index (χ0v) is 12.3. The number of carbonyl (C=O) groups is 1. The Kier molecular flexibility index (Phi) is 5.64. The van der Waals surface area contributed by atoms with Gasteiger partial charge < -0.3 is 10.0 Å². The predicted molar refractivity (Wildman–Crippen MR) is 73.2 cm³/mol. The SMILES string of the molecule is CCN(CC)CCS(=O)(=O)c1cc(C(=O)O)ccc1F. The van der Waals surface area contributed by atoms with E-state index in [-0.39, 0.29) is 17.9 Å². The number of carboxylic acid groups (broad SMARTS) is 1. The van der Waals surface area contributed by atoms with E-state index in [4.69, 9.17) is 5.11 Å². The summed E-state index contributed by atoms with van der Waals surface area (Å²) < 4.78 is 37.8. The first kappa shape index (κ1) is 16.6. The van der Waals surface area contributed by atoms with Crippen LogP contribution in [-0.4, -0.2) is 49.8 Å². The Morgan fingerprint density at radius 2 is 1.90 bits per heavy atom. The van der Waals surface area contributed by atoms with E-state index >= 15 is 0 Å². The van der Waals surface area contributed by atoms with Crippen LogP contribution in [-0.2, 0) is 9.84 Å². The van der Waals surface area contributed by atoms with Gasteiger partial charge in [0.1, 0.15) is 10.7 Å². The smallest absolute Gasteiger partial charge is 0.335 e. The average molecular weight is 303 g/mol.